The maximum Gasteiger partial charge on any atom is 0.387 e. The van der Waals surface area contributed by atoms with Crippen LogP contribution >= 0.6 is 0 Å². The Balaban J connectivity index is 1.72. The van der Waals surface area contributed by atoms with Crippen LogP contribution in [0.5, 0.6) is 5.75 Å². The van der Waals surface area contributed by atoms with Crippen molar-refractivity contribution in [3.05, 3.63) is 89.0 Å². The minimum Gasteiger partial charge on any atom is -0.451 e. The Morgan fingerprint density at radius 2 is 1.64 bits per heavy atom. The molecule has 0 bridgehead atoms. The molecule has 2 aromatic carbocycles. The zero-order chi connectivity index (χ0) is 24.1. The zero-order valence-corrected chi connectivity index (χ0v) is 18.2. The molecule has 1 heterocycles. The van der Waals surface area contributed by atoms with Crippen molar-refractivity contribution in [1.82, 2.24) is 4.57 Å². The van der Waals surface area contributed by atoms with E-state index in [4.69, 9.17) is 4.74 Å². The topological polar surface area (TPSA) is 57.5 Å². The van der Waals surface area contributed by atoms with Gasteiger partial charge in [-0.1, -0.05) is 12.1 Å². The number of benzene rings is 2. The van der Waals surface area contributed by atoms with Gasteiger partial charge >= 0.3 is 12.6 Å². The van der Waals surface area contributed by atoms with Crippen LogP contribution in [-0.4, -0.2) is 29.0 Å². The number of aryl methyl sites for hydroxylation is 1. The van der Waals surface area contributed by atoms with Gasteiger partial charge in [-0.3, -0.25) is 4.79 Å². The van der Waals surface area contributed by atoms with E-state index in [0.717, 1.165) is 5.69 Å². The molecule has 0 saturated carbocycles. The van der Waals surface area contributed by atoms with E-state index in [-0.39, 0.29) is 17.3 Å². The Bertz CT molecular complexity index is 1170. The van der Waals surface area contributed by atoms with E-state index in [1.54, 1.807) is 36.6 Å². The van der Waals surface area contributed by atoms with Crippen molar-refractivity contribution in [2.45, 2.75) is 33.5 Å². The molecule has 3 rings (SSSR count). The van der Waals surface area contributed by atoms with Crippen molar-refractivity contribution >= 4 is 17.8 Å². The maximum atomic E-state index is 13.0. The number of rotatable bonds is 8. The quantitative estimate of drug-likeness (QED) is 0.249. The number of ether oxygens (including phenoxy) is 2. The summed E-state index contributed by atoms with van der Waals surface area (Å²) in [6.45, 7) is 2.11. The van der Waals surface area contributed by atoms with E-state index in [9.17, 15) is 22.8 Å². The van der Waals surface area contributed by atoms with Gasteiger partial charge in [-0.15, -0.1) is 0 Å². The molecule has 172 valence electrons. The average molecular weight is 457 g/mol. The molecule has 0 aliphatic carbocycles. The second-order valence-electron chi connectivity index (χ2n) is 7.32. The average Bonchev–Trinajstić information content (AvgIpc) is 3.07. The van der Waals surface area contributed by atoms with Gasteiger partial charge in [0.1, 0.15) is 11.6 Å². The van der Waals surface area contributed by atoms with Gasteiger partial charge in [-0.05, 0) is 74.9 Å². The lowest BCUT2D eigenvalue weighted by molar-refractivity contribution is -0.140. The molecule has 0 amide bonds. The molecular weight excluding hydrogens is 435 g/mol. The monoisotopic (exact) mass is 457 g/mol. The number of carbonyl (C=O) groups excluding carboxylic acids is 2. The maximum absolute atomic E-state index is 13.0. The third-order valence-electron chi connectivity index (χ3n) is 4.96. The predicted molar refractivity (Wildman–Crippen MR) is 117 cm³/mol. The van der Waals surface area contributed by atoms with E-state index < -0.39 is 18.7 Å². The Labute approximate surface area is 189 Å². The Morgan fingerprint density at radius 3 is 2.24 bits per heavy atom. The molecule has 1 unspecified atom stereocenters. The van der Waals surface area contributed by atoms with Crippen molar-refractivity contribution < 1.29 is 32.2 Å². The summed E-state index contributed by atoms with van der Waals surface area (Å²) < 4.78 is 49.1. The van der Waals surface area contributed by atoms with Crippen LogP contribution in [0.3, 0.4) is 0 Å². The second kappa shape index (κ2) is 10.2. The number of carbonyl (C=O) groups is 2. The Hall–Kier alpha value is -3.81. The highest BCUT2D eigenvalue weighted by Crippen LogP contribution is 2.24. The molecule has 1 aromatic heterocycles. The highest BCUT2D eigenvalue weighted by atomic mass is 19.3. The van der Waals surface area contributed by atoms with Gasteiger partial charge in [0, 0.05) is 28.7 Å². The molecular formula is C25H22F3NO4. The molecule has 1 atom stereocenters. The van der Waals surface area contributed by atoms with Gasteiger partial charge in [0.25, 0.3) is 0 Å². The highest BCUT2D eigenvalue weighted by Gasteiger charge is 2.24. The first-order chi connectivity index (χ1) is 15.7. The minimum absolute atomic E-state index is 0.0294. The number of alkyl halides is 2. The van der Waals surface area contributed by atoms with Gasteiger partial charge in [-0.2, -0.15) is 8.78 Å². The summed E-state index contributed by atoms with van der Waals surface area (Å²) in [6.07, 6.45) is 1.60. The lowest BCUT2D eigenvalue weighted by Crippen LogP contribution is -2.24. The molecule has 0 aliphatic heterocycles. The normalized spacial score (nSPS) is 12.2. The molecule has 0 spiro atoms. The van der Waals surface area contributed by atoms with Gasteiger partial charge in [0.15, 0.2) is 6.10 Å². The number of Topliss-reactive ketones (excluding diaryl/α,β-unsaturated/α-hetero) is 1. The van der Waals surface area contributed by atoms with Crippen molar-refractivity contribution in [3.63, 3.8) is 0 Å². The number of nitrogens with zero attached hydrogens (tertiary/aromatic N) is 1. The van der Waals surface area contributed by atoms with E-state index in [1.165, 1.54) is 55.5 Å². The lowest BCUT2D eigenvalue weighted by Gasteiger charge is -2.13. The summed E-state index contributed by atoms with van der Waals surface area (Å²) in [7, 11) is 0. The summed E-state index contributed by atoms with van der Waals surface area (Å²) in [6, 6.07) is 13.3. The third kappa shape index (κ3) is 5.91. The van der Waals surface area contributed by atoms with Crippen LogP contribution in [0.25, 0.3) is 11.8 Å². The number of hydrogen-bond donors (Lipinski definition) is 0. The molecule has 0 saturated heterocycles. The standard InChI is InChI=1S/C25H22F3NO4/c1-15-14-22(16(2)29(15)20-9-11-21(12-10-20)33-25(27)28)24(31)17(3)32-23(30)13-6-18-4-7-19(26)8-5-18/h4-14,17,25H,1-3H3. The van der Waals surface area contributed by atoms with E-state index in [1.807, 2.05) is 0 Å². The van der Waals surface area contributed by atoms with Crippen molar-refractivity contribution in [2.24, 2.45) is 0 Å². The predicted octanol–water partition coefficient (Wildman–Crippen LogP) is 5.66. The number of hydrogen-bond acceptors (Lipinski definition) is 4. The first-order valence-corrected chi connectivity index (χ1v) is 10.1. The smallest absolute Gasteiger partial charge is 0.387 e. The minimum atomic E-state index is -2.91. The van der Waals surface area contributed by atoms with E-state index in [0.29, 0.717) is 22.5 Å². The molecule has 0 N–H and O–H groups in total. The largest absolute Gasteiger partial charge is 0.451 e. The molecule has 33 heavy (non-hydrogen) atoms. The van der Waals surface area contributed by atoms with Gasteiger partial charge in [0.05, 0.1) is 0 Å². The van der Waals surface area contributed by atoms with Crippen LogP contribution in [-0.2, 0) is 9.53 Å². The van der Waals surface area contributed by atoms with Gasteiger partial charge < -0.3 is 14.0 Å². The Kier molecular flexibility index (Phi) is 7.37. The molecule has 3 aromatic rings. The molecule has 8 heteroatoms. The molecule has 5 nitrogen and oxygen atoms in total. The molecule has 0 fully saturated rings. The summed E-state index contributed by atoms with van der Waals surface area (Å²) in [5.41, 5.74) is 3.01. The van der Waals surface area contributed by atoms with Gasteiger partial charge in [0.2, 0.25) is 5.78 Å². The van der Waals surface area contributed by atoms with E-state index in [2.05, 4.69) is 4.74 Å². The van der Waals surface area contributed by atoms with Crippen LogP contribution in [0.2, 0.25) is 0 Å². The van der Waals surface area contributed by atoms with Crippen LogP contribution in [0.4, 0.5) is 13.2 Å². The van der Waals surface area contributed by atoms with Crippen LogP contribution in [0, 0.1) is 19.7 Å². The number of aromatic nitrogens is 1. The summed E-state index contributed by atoms with van der Waals surface area (Å²) in [4.78, 5) is 25.0. The van der Waals surface area contributed by atoms with Gasteiger partial charge in [-0.25, -0.2) is 9.18 Å². The summed E-state index contributed by atoms with van der Waals surface area (Å²) in [5, 5.41) is 0. The fraction of sp³-hybridized carbons (Fsp3) is 0.200. The Morgan fingerprint density at radius 1 is 1.00 bits per heavy atom. The van der Waals surface area contributed by atoms with Crippen LogP contribution in [0.1, 0.15) is 34.2 Å². The van der Waals surface area contributed by atoms with Crippen LogP contribution in [0.15, 0.2) is 60.7 Å². The lowest BCUT2D eigenvalue weighted by atomic mass is 10.1. The zero-order valence-electron chi connectivity index (χ0n) is 18.2. The summed E-state index contributed by atoms with van der Waals surface area (Å²) in [5.74, 6) is -1.44. The fourth-order valence-electron chi connectivity index (χ4n) is 3.41. The number of esters is 1. The second-order valence-corrected chi connectivity index (χ2v) is 7.32. The first kappa shape index (κ1) is 23.8. The van der Waals surface area contributed by atoms with Crippen molar-refractivity contribution in [1.29, 1.82) is 0 Å². The van der Waals surface area contributed by atoms with Crippen molar-refractivity contribution in [2.75, 3.05) is 0 Å². The fourth-order valence-corrected chi connectivity index (χ4v) is 3.41. The molecule has 0 radical (unpaired) electrons. The van der Waals surface area contributed by atoms with Crippen LogP contribution < -0.4 is 4.74 Å². The highest BCUT2D eigenvalue weighted by molar-refractivity contribution is 6.02. The summed E-state index contributed by atoms with van der Waals surface area (Å²) >= 11 is 0. The SMILES string of the molecule is Cc1cc(C(=O)C(C)OC(=O)C=Cc2ccc(F)cc2)c(C)n1-c1ccc(OC(F)F)cc1. The first-order valence-electron chi connectivity index (χ1n) is 10.1. The number of ketones is 1. The molecule has 0 aliphatic rings. The van der Waals surface area contributed by atoms with Crippen molar-refractivity contribution in [3.8, 4) is 11.4 Å². The van der Waals surface area contributed by atoms with E-state index >= 15 is 0 Å². The third-order valence-corrected chi connectivity index (χ3v) is 4.96. The number of halogens is 3.